The van der Waals surface area contributed by atoms with Crippen molar-refractivity contribution in [3.8, 4) is 0 Å². The summed E-state index contributed by atoms with van der Waals surface area (Å²) < 4.78 is 0. The Bertz CT molecular complexity index is 1950. The molecular formula is C34H35ClN8O3S2. The normalized spacial score (nSPS) is 14.1. The van der Waals surface area contributed by atoms with Crippen LogP contribution in [-0.2, 0) is 9.59 Å². The maximum absolute atomic E-state index is 13.2. The number of thiophene rings is 1. The first-order chi connectivity index (χ1) is 22.8. The highest BCUT2D eigenvalue weighted by atomic mass is 35.5. The molecule has 2 aromatic carbocycles. The number of hydrogen-bond acceptors (Lipinski definition) is 9. The monoisotopic (exact) mass is 702 g/mol. The van der Waals surface area contributed by atoms with Gasteiger partial charge in [0.15, 0.2) is 5.13 Å². The number of anilines is 3. The van der Waals surface area contributed by atoms with Crippen LogP contribution >= 0.6 is 34.3 Å². The maximum atomic E-state index is 13.2. The molecule has 5 N–H and O–H groups in total. The van der Waals surface area contributed by atoms with Gasteiger partial charge in [-0.25, -0.2) is 4.98 Å². The highest BCUT2D eigenvalue weighted by Crippen LogP contribution is 2.40. The molecule has 5 rings (SSSR count). The number of amides is 3. The second kappa shape index (κ2) is 14.6. The fraction of sp³-hybridized carbons (Fsp3) is 0.265. The number of para-hydroxylation sites is 1. The van der Waals surface area contributed by atoms with Crippen molar-refractivity contribution < 1.29 is 14.4 Å². The summed E-state index contributed by atoms with van der Waals surface area (Å²) in [6, 6.07) is 13.0. The Morgan fingerprint density at radius 2 is 1.67 bits per heavy atom. The first kappa shape index (κ1) is 34.6. The molecule has 48 heavy (non-hydrogen) atoms. The van der Waals surface area contributed by atoms with Gasteiger partial charge in [0.2, 0.25) is 11.8 Å². The van der Waals surface area contributed by atoms with Crippen LogP contribution in [0.4, 0.5) is 15.8 Å². The fourth-order valence-electron chi connectivity index (χ4n) is 5.14. The van der Waals surface area contributed by atoms with Crippen molar-refractivity contribution in [3.05, 3.63) is 91.3 Å². The Morgan fingerprint density at radius 1 is 0.958 bits per heavy atom. The van der Waals surface area contributed by atoms with Crippen molar-refractivity contribution in [2.24, 2.45) is 4.99 Å². The predicted molar refractivity (Wildman–Crippen MR) is 195 cm³/mol. The number of aromatic nitrogens is 1. The molecule has 0 fully saturated rings. The summed E-state index contributed by atoms with van der Waals surface area (Å²) in [6.07, 6.45) is -0.206. The first-order valence-electron chi connectivity index (χ1n) is 15.1. The minimum absolute atomic E-state index is 0.0137. The van der Waals surface area contributed by atoms with Gasteiger partial charge in [-0.15, -0.1) is 22.7 Å². The van der Waals surface area contributed by atoms with Gasteiger partial charge in [0.05, 0.1) is 29.1 Å². The van der Waals surface area contributed by atoms with Gasteiger partial charge in [-0.05, 0) is 64.4 Å². The molecule has 14 heteroatoms. The van der Waals surface area contributed by atoms with Crippen LogP contribution in [0.25, 0.3) is 0 Å². The van der Waals surface area contributed by atoms with E-state index in [9.17, 15) is 14.4 Å². The first-order valence-corrected chi connectivity index (χ1v) is 17.1. The Balaban J connectivity index is 1.26. The van der Waals surface area contributed by atoms with E-state index in [1.807, 2.05) is 39.8 Å². The smallest absolute Gasteiger partial charge is 0.259 e. The van der Waals surface area contributed by atoms with E-state index in [-0.39, 0.29) is 42.5 Å². The van der Waals surface area contributed by atoms with Gasteiger partial charge in [-0.2, -0.15) is 0 Å². The number of carbonyl (C=O) groups excluding carboxylic acids is 3. The van der Waals surface area contributed by atoms with Crippen molar-refractivity contribution in [2.45, 2.75) is 53.5 Å². The van der Waals surface area contributed by atoms with Gasteiger partial charge in [0, 0.05) is 38.9 Å². The number of rotatable bonds is 9. The Hall–Kier alpha value is -4.72. The van der Waals surface area contributed by atoms with Crippen LogP contribution in [0.1, 0.15) is 62.3 Å². The molecule has 1 aliphatic rings. The van der Waals surface area contributed by atoms with Crippen LogP contribution in [0.3, 0.4) is 0 Å². The lowest BCUT2D eigenvalue weighted by atomic mass is 9.99. The summed E-state index contributed by atoms with van der Waals surface area (Å²) in [6.45, 7) is 9.41. The average molecular weight is 703 g/mol. The van der Waals surface area contributed by atoms with E-state index in [0.717, 1.165) is 32.1 Å². The summed E-state index contributed by atoms with van der Waals surface area (Å²) >= 11 is 9.02. The lowest BCUT2D eigenvalue weighted by Crippen LogP contribution is -2.42. The topological polar surface area (TPSA) is 163 Å². The van der Waals surface area contributed by atoms with E-state index in [4.69, 9.17) is 27.4 Å². The van der Waals surface area contributed by atoms with Crippen LogP contribution in [-0.4, -0.2) is 52.7 Å². The zero-order chi connectivity index (χ0) is 34.7. The number of nitrogens with zero attached hydrogens (tertiary/aromatic N) is 3. The number of thiazole rings is 1. The van der Waals surface area contributed by atoms with Crippen molar-refractivity contribution >= 4 is 85.2 Å². The molecule has 0 saturated carbocycles. The number of amidine groups is 2. The van der Waals surface area contributed by atoms with Gasteiger partial charge in [0.1, 0.15) is 22.7 Å². The number of halogens is 1. The number of benzene rings is 2. The van der Waals surface area contributed by atoms with Crippen molar-refractivity contribution in [1.82, 2.24) is 10.3 Å². The molecule has 1 atom stereocenters. The van der Waals surface area contributed by atoms with E-state index >= 15 is 0 Å². The molecule has 0 aliphatic carbocycles. The third kappa shape index (κ3) is 7.53. The van der Waals surface area contributed by atoms with E-state index in [0.29, 0.717) is 26.6 Å². The second-order valence-corrected chi connectivity index (χ2v) is 14.1. The standard InChI is InChI=1S/C34H35ClN8O3S2/c1-17-19(3)47-33-29(17)30(22-10-12-23(35)13-11-22)41-26(31(37)43(33)21(5)36)16-28(45)38-15-14-27(44)40-25-9-7-6-8-24(25)32(46)42-34-39-18(2)20(4)48-34/h6-13,26,36-37H,14-16H2,1-5H3,(H,38,45)(H,40,44)(H,39,42,46). The van der Waals surface area contributed by atoms with Crippen LogP contribution in [0.15, 0.2) is 53.5 Å². The molecule has 3 amide bonds. The molecule has 2 aromatic heterocycles. The highest BCUT2D eigenvalue weighted by Gasteiger charge is 2.34. The van der Waals surface area contributed by atoms with E-state index in [1.54, 1.807) is 48.2 Å². The summed E-state index contributed by atoms with van der Waals surface area (Å²) in [7, 11) is 0. The van der Waals surface area contributed by atoms with Gasteiger partial charge >= 0.3 is 0 Å². The third-order valence-electron chi connectivity index (χ3n) is 7.85. The molecule has 0 spiro atoms. The summed E-state index contributed by atoms with van der Waals surface area (Å²) in [4.78, 5) is 51.9. The molecule has 0 saturated heterocycles. The van der Waals surface area contributed by atoms with E-state index in [1.165, 1.54) is 22.7 Å². The van der Waals surface area contributed by atoms with E-state index < -0.39 is 17.9 Å². The van der Waals surface area contributed by atoms with Crippen LogP contribution in [0.2, 0.25) is 5.02 Å². The van der Waals surface area contributed by atoms with E-state index in [2.05, 4.69) is 20.9 Å². The average Bonchev–Trinajstić information content (AvgIpc) is 3.46. The Kier molecular flexibility index (Phi) is 10.5. The highest BCUT2D eigenvalue weighted by molar-refractivity contribution is 7.17. The van der Waals surface area contributed by atoms with Crippen molar-refractivity contribution in [3.63, 3.8) is 0 Å². The zero-order valence-corrected chi connectivity index (χ0v) is 29.5. The lowest BCUT2D eigenvalue weighted by molar-refractivity contribution is -0.121. The van der Waals surface area contributed by atoms with Crippen molar-refractivity contribution in [1.29, 1.82) is 10.8 Å². The van der Waals surface area contributed by atoms with Gasteiger partial charge < -0.3 is 10.6 Å². The van der Waals surface area contributed by atoms with Crippen LogP contribution in [0.5, 0.6) is 0 Å². The van der Waals surface area contributed by atoms with Crippen LogP contribution in [0, 0.1) is 38.5 Å². The van der Waals surface area contributed by atoms with Gasteiger partial charge in [0.25, 0.3) is 5.91 Å². The molecule has 248 valence electrons. The number of aliphatic imine (C=N–C) groups is 1. The summed E-state index contributed by atoms with van der Waals surface area (Å²) in [5.41, 5.74) is 4.68. The molecule has 1 aliphatic heterocycles. The fourth-order valence-corrected chi connectivity index (χ4v) is 7.30. The minimum atomic E-state index is -0.889. The SMILES string of the molecule is CC(=N)N1C(=N)C(CC(=O)NCCC(=O)Nc2ccccc2C(=O)Nc2nc(C)c(C)s2)N=C(c2ccc(Cl)cc2)c2c1sc(C)c2C. The molecular weight excluding hydrogens is 668 g/mol. The molecule has 4 aromatic rings. The van der Waals surface area contributed by atoms with Crippen LogP contribution < -0.4 is 20.9 Å². The minimum Gasteiger partial charge on any atom is -0.356 e. The number of aryl methyl sites for hydroxylation is 3. The molecule has 1 unspecified atom stereocenters. The Morgan fingerprint density at radius 3 is 2.33 bits per heavy atom. The molecule has 0 bridgehead atoms. The number of nitrogens with one attached hydrogen (secondary N) is 5. The second-order valence-electron chi connectivity index (χ2n) is 11.3. The number of fused-ring (bicyclic) bond motifs is 1. The number of hydrogen-bond donors (Lipinski definition) is 5. The molecule has 11 nitrogen and oxygen atoms in total. The van der Waals surface area contributed by atoms with Gasteiger partial charge in [-0.1, -0.05) is 35.9 Å². The Labute approximate surface area is 291 Å². The molecule has 0 radical (unpaired) electrons. The van der Waals surface area contributed by atoms with Gasteiger partial charge in [-0.3, -0.25) is 40.4 Å². The lowest BCUT2D eigenvalue weighted by Gasteiger charge is -2.24. The zero-order valence-electron chi connectivity index (χ0n) is 27.1. The quantitative estimate of drug-likeness (QED) is 0.0947. The summed E-state index contributed by atoms with van der Waals surface area (Å²) in [5, 5.41) is 27.6. The summed E-state index contributed by atoms with van der Waals surface area (Å²) in [5.74, 6) is -1.03. The maximum Gasteiger partial charge on any atom is 0.259 e. The largest absolute Gasteiger partial charge is 0.356 e. The van der Waals surface area contributed by atoms with Crippen molar-refractivity contribution in [2.75, 3.05) is 22.1 Å². The predicted octanol–water partition coefficient (Wildman–Crippen LogP) is 6.88. The number of carbonyl (C=O) groups is 3. The third-order valence-corrected chi connectivity index (χ3v) is 10.3. The molecule has 3 heterocycles.